The van der Waals surface area contributed by atoms with Crippen LogP contribution in [0.4, 0.5) is 0 Å². The summed E-state index contributed by atoms with van der Waals surface area (Å²) in [6, 6.07) is 12.5. The van der Waals surface area contributed by atoms with Crippen molar-refractivity contribution in [3.63, 3.8) is 0 Å². The van der Waals surface area contributed by atoms with Crippen LogP contribution in [0.25, 0.3) is 0 Å². The number of hydrogen-bond acceptors (Lipinski definition) is 3. The number of carbonyl (C=O) groups excluding carboxylic acids is 1. The first-order chi connectivity index (χ1) is 10.0. The number of halogens is 1. The van der Waals surface area contributed by atoms with Crippen LogP contribution in [-0.2, 0) is 16.0 Å². The Balaban J connectivity index is 2.03. The van der Waals surface area contributed by atoms with Crippen LogP contribution in [0.15, 0.2) is 46.9 Å². The van der Waals surface area contributed by atoms with Crippen LogP contribution in [0, 0.1) is 0 Å². The smallest absolute Gasteiger partial charge is 0.323 e. The van der Waals surface area contributed by atoms with Crippen molar-refractivity contribution in [3.05, 3.63) is 63.6 Å². The van der Waals surface area contributed by atoms with Crippen molar-refractivity contribution < 1.29 is 19.4 Å². The average molecular weight is 347 g/mol. The van der Waals surface area contributed by atoms with Gasteiger partial charge in [-0.25, -0.2) is 0 Å². The number of benzene rings is 2. The lowest BCUT2D eigenvalue weighted by atomic mass is 9.91. The second kappa shape index (κ2) is 5.33. The normalized spacial score (nSPS) is 16.4. The molecule has 0 bridgehead atoms. The van der Waals surface area contributed by atoms with Crippen LogP contribution >= 0.6 is 15.9 Å². The first-order valence-electron chi connectivity index (χ1n) is 6.36. The summed E-state index contributed by atoms with van der Waals surface area (Å²) in [6.07, 6.45) is -0.0749. The van der Waals surface area contributed by atoms with Gasteiger partial charge in [-0.15, -0.1) is 0 Å². The van der Waals surface area contributed by atoms with Gasteiger partial charge in [-0.3, -0.25) is 9.59 Å². The molecule has 1 unspecified atom stereocenters. The highest BCUT2D eigenvalue weighted by atomic mass is 79.9. The molecule has 0 aliphatic carbocycles. The highest BCUT2D eigenvalue weighted by Crippen LogP contribution is 2.39. The van der Waals surface area contributed by atoms with E-state index in [1.54, 1.807) is 18.2 Å². The summed E-state index contributed by atoms with van der Waals surface area (Å²) in [5, 5.41) is 8.88. The number of fused-ring (bicyclic) bond motifs is 1. The van der Waals surface area contributed by atoms with E-state index in [4.69, 9.17) is 9.84 Å². The van der Waals surface area contributed by atoms with E-state index in [-0.39, 0.29) is 12.4 Å². The minimum Gasteiger partial charge on any atom is -0.481 e. The predicted octanol–water partition coefficient (Wildman–Crippen LogP) is 3.13. The number of ether oxygens (including phenoxy) is 1. The van der Waals surface area contributed by atoms with Crippen molar-refractivity contribution in [3.8, 4) is 5.75 Å². The quantitative estimate of drug-likeness (QED) is 0.685. The second-order valence-electron chi connectivity index (χ2n) is 4.85. The number of carbonyl (C=O) groups is 2. The van der Waals surface area contributed by atoms with E-state index < -0.39 is 11.9 Å². The fourth-order valence-corrected chi connectivity index (χ4v) is 2.73. The van der Waals surface area contributed by atoms with E-state index in [1.165, 1.54) is 0 Å². The first-order valence-corrected chi connectivity index (χ1v) is 7.15. The van der Waals surface area contributed by atoms with Crippen molar-refractivity contribution in [1.29, 1.82) is 0 Å². The molecular formula is C16H11BrO4. The molecule has 0 spiro atoms. The standard InChI is InChI=1S/C16H11BrO4/c17-11-4-2-10(3-5-11)15-12-7-9(8-14(18)19)1-6-13(12)21-16(15)20/h1-7,15H,8H2,(H,18,19). The molecule has 0 saturated carbocycles. The molecule has 1 atom stereocenters. The topological polar surface area (TPSA) is 63.6 Å². The third-order valence-corrected chi connectivity index (χ3v) is 3.92. The SMILES string of the molecule is O=C(O)Cc1ccc2c(c1)C(c1ccc(Br)cc1)C(=O)O2. The van der Waals surface area contributed by atoms with Gasteiger partial charge in [-0.1, -0.05) is 40.2 Å². The van der Waals surface area contributed by atoms with E-state index in [9.17, 15) is 9.59 Å². The maximum atomic E-state index is 12.1. The molecule has 3 rings (SSSR count). The lowest BCUT2D eigenvalue weighted by molar-refractivity contribution is -0.136. The third-order valence-electron chi connectivity index (χ3n) is 3.39. The monoisotopic (exact) mass is 346 g/mol. The van der Waals surface area contributed by atoms with E-state index >= 15 is 0 Å². The number of aliphatic carboxylic acids is 1. The summed E-state index contributed by atoms with van der Waals surface area (Å²) < 4.78 is 6.19. The van der Waals surface area contributed by atoms with Gasteiger partial charge >= 0.3 is 11.9 Å². The molecule has 106 valence electrons. The minimum absolute atomic E-state index is 0.0749. The summed E-state index contributed by atoms with van der Waals surface area (Å²) in [4.78, 5) is 22.9. The zero-order valence-corrected chi connectivity index (χ0v) is 12.5. The molecule has 0 amide bonds. The molecule has 0 saturated heterocycles. The van der Waals surface area contributed by atoms with Crippen LogP contribution < -0.4 is 4.74 Å². The van der Waals surface area contributed by atoms with Crippen molar-refractivity contribution in [2.45, 2.75) is 12.3 Å². The molecule has 1 N–H and O–H groups in total. The summed E-state index contributed by atoms with van der Waals surface area (Å²) in [6.45, 7) is 0. The van der Waals surface area contributed by atoms with Gasteiger partial charge < -0.3 is 9.84 Å². The Kier molecular flexibility index (Phi) is 3.51. The number of carboxylic acid groups (broad SMARTS) is 1. The Morgan fingerprint density at radius 1 is 1.19 bits per heavy atom. The molecule has 0 aromatic heterocycles. The number of carboxylic acids is 1. The molecule has 2 aromatic carbocycles. The lowest BCUT2D eigenvalue weighted by Gasteiger charge is -2.08. The molecule has 4 nitrogen and oxygen atoms in total. The van der Waals surface area contributed by atoms with Crippen molar-refractivity contribution in [2.24, 2.45) is 0 Å². The van der Waals surface area contributed by atoms with Gasteiger partial charge in [0.1, 0.15) is 11.7 Å². The van der Waals surface area contributed by atoms with Crippen LogP contribution in [0.5, 0.6) is 5.75 Å². The molecule has 5 heteroatoms. The highest BCUT2D eigenvalue weighted by Gasteiger charge is 2.34. The van der Waals surface area contributed by atoms with Gasteiger partial charge in [0.15, 0.2) is 0 Å². The fraction of sp³-hybridized carbons (Fsp3) is 0.125. The molecule has 1 aliphatic rings. The molecular weight excluding hydrogens is 336 g/mol. The fourth-order valence-electron chi connectivity index (χ4n) is 2.47. The van der Waals surface area contributed by atoms with Crippen molar-refractivity contribution in [1.82, 2.24) is 0 Å². The molecule has 2 aromatic rings. The molecule has 1 aliphatic heterocycles. The lowest BCUT2D eigenvalue weighted by Crippen LogP contribution is -2.11. The second-order valence-corrected chi connectivity index (χ2v) is 5.76. The van der Waals surface area contributed by atoms with Crippen molar-refractivity contribution >= 4 is 27.9 Å². The van der Waals surface area contributed by atoms with Crippen LogP contribution in [-0.4, -0.2) is 17.0 Å². The predicted molar refractivity (Wildman–Crippen MR) is 79.4 cm³/mol. The number of esters is 1. The van der Waals surface area contributed by atoms with Gasteiger partial charge in [-0.05, 0) is 29.3 Å². The zero-order chi connectivity index (χ0) is 15.0. The highest BCUT2D eigenvalue weighted by molar-refractivity contribution is 9.10. The molecule has 1 heterocycles. The minimum atomic E-state index is -0.902. The van der Waals surface area contributed by atoms with Gasteiger partial charge in [0.2, 0.25) is 0 Å². The zero-order valence-electron chi connectivity index (χ0n) is 10.9. The van der Waals surface area contributed by atoms with E-state index in [1.807, 2.05) is 24.3 Å². The number of rotatable bonds is 3. The molecule has 21 heavy (non-hydrogen) atoms. The molecule has 0 fully saturated rings. The first kappa shape index (κ1) is 13.8. The summed E-state index contributed by atoms with van der Waals surface area (Å²) in [7, 11) is 0. The van der Waals surface area contributed by atoms with Crippen LogP contribution in [0.1, 0.15) is 22.6 Å². The molecule has 0 radical (unpaired) electrons. The average Bonchev–Trinajstić information content (AvgIpc) is 2.75. The van der Waals surface area contributed by atoms with Gasteiger partial charge in [0, 0.05) is 10.0 Å². The van der Waals surface area contributed by atoms with E-state index in [0.29, 0.717) is 11.3 Å². The maximum absolute atomic E-state index is 12.1. The van der Waals surface area contributed by atoms with Gasteiger partial charge in [0.25, 0.3) is 0 Å². The van der Waals surface area contributed by atoms with Crippen LogP contribution in [0.3, 0.4) is 0 Å². The Labute approximate surface area is 129 Å². The Morgan fingerprint density at radius 3 is 2.57 bits per heavy atom. The third kappa shape index (κ3) is 2.69. The summed E-state index contributed by atoms with van der Waals surface area (Å²) >= 11 is 3.36. The maximum Gasteiger partial charge on any atom is 0.323 e. The van der Waals surface area contributed by atoms with Crippen LogP contribution in [0.2, 0.25) is 0 Å². The van der Waals surface area contributed by atoms with E-state index in [2.05, 4.69) is 15.9 Å². The summed E-state index contributed by atoms with van der Waals surface area (Å²) in [5.74, 6) is -1.23. The summed E-state index contributed by atoms with van der Waals surface area (Å²) in [5.41, 5.74) is 2.21. The number of hydrogen-bond donors (Lipinski definition) is 1. The van der Waals surface area contributed by atoms with E-state index in [0.717, 1.165) is 15.6 Å². The van der Waals surface area contributed by atoms with Crippen molar-refractivity contribution in [2.75, 3.05) is 0 Å². The Morgan fingerprint density at radius 2 is 1.90 bits per heavy atom. The Hall–Kier alpha value is -2.14. The largest absolute Gasteiger partial charge is 0.481 e. The Bertz CT molecular complexity index is 722. The van der Waals surface area contributed by atoms with Gasteiger partial charge in [0.05, 0.1) is 6.42 Å². The van der Waals surface area contributed by atoms with Gasteiger partial charge in [-0.2, -0.15) is 0 Å².